The highest BCUT2D eigenvalue weighted by Crippen LogP contribution is 2.14. The molecule has 1 aliphatic heterocycles. The van der Waals surface area contributed by atoms with Crippen LogP contribution in [-0.2, 0) is 4.79 Å². The molecule has 0 saturated carbocycles. The second-order valence-corrected chi connectivity index (χ2v) is 6.07. The number of carbonyl (C=O) groups excluding carboxylic acids is 2. The summed E-state index contributed by atoms with van der Waals surface area (Å²) in [5.74, 6) is -0.326. The van der Waals surface area contributed by atoms with Crippen molar-refractivity contribution in [1.82, 2.24) is 31.0 Å². The summed E-state index contributed by atoms with van der Waals surface area (Å²) in [6.07, 6.45) is 0.260. The number of para-hydroxylation sites is 1. The number of amides is 2. The fourth-order valence-corrected chi connectivity index (χ4v) is 2.89. The molecule has 142 valence electrons. The Morgan fingerprint density at radius 1 is 1.12 bits per heavy atom. The molecule has 0 unspecified atom stereocenters. The van der Waals surface area contributed by atoms with E-state index in [1.165, 1.54) is 0 Å². The molecule has 1 saturated heterocycles. The van der Waals surface area contributed by atoms with Gasteiger partial charge in [0.1, 0.15) is 0 Å². The molecule has 8 nitrogen and oxygen atoms in total. The molecule has 26 heavy (non-hydrogen) atoms. The molecule has 1 fully saturated rings. The third-order valence-corrected chi connectivity index (χ3v) is 4.28. The Morgan fingerprint density at radius 3 is 2.69 bits per heavy atom. The summed E-state index contributed by atoms with van der Waals surface area (Å²) >= 11 is 0. The standard InChI is InChI=1S/C17H24N6O2.ClH/c24-15(19-9-12-23-10-7-18-8-11-23)5-6-20-17(25)16-13-3-1-2-4-14(13)21-22-16;/h1-4,18H,5-12H2,(H,19,24)(H,20,25)(H,21,22);1H. The zero-order valence-corrected chi connectivity index (χ0v) is 15.4. The van der Waals surface area contributed by atoms with Gasteiger partial charge in [0.25, 0.3) is 5.91 Å². The van der Waals surface area contributed by atoms with E-state index in [9.17, 15) is 9.59 Å². The third-order valence-electron chi connectivity index (χ3n) is 4.28. The van der Waals surface area contributed by atoms with Crippen molar-refractivity contribution in [2.24, 2.45) is 0 Å². The van der Waals surface area contributed by atoms with Crippen molar-refractivity contribution in [1.29, 1.82) is 0 Å². The Kier molecular flexibility index (Phi) is 7.83. The highest BCUT2D eigenvalue weighted by atomic mass is 35.5. The van der Waals surface area contributed by atoms with Gasteiger partial charge in [-0.2, -0.15) is 5.10 Å². The summed E-state index contributed by atoms with van der Waals surface area (Å²) in [6, 6.07) is 7.45. The van der Waals surface area contributed by atoms with Crippen LogP contribution in [0.25, 0.3) is 10.9 Å². The number of hydrogen-bond donors (Lipinski definition) is 4. The highest BCUT2D eigenvalue weighted by Gasteiger charge is 2.14. The summed E-state index contributed by atoms with van der Waals surface area (Å²) < 4.78 is 0. The first kappa shape index (κ1) is 20.2. The van der Waals surface area contributed by atoms with E-state index in [2.05, 4.69) is 31.0 Å². The van der Waals surface area contributed by atoms with Crippen LogP contribution in [-0.4, -0.2) is 72.7 Å². The lowest BCUT2D eigenvalue weighted by atomic mass is 10.2. The molecule has 0 bridgehead atoms. The quantitative estimate of drug-likeness (QED) is 0.546. The van der Waals surface area contributed by atoms with Gasteiger partial charge in [0.15, 0.2) is 5.69 Å². The van der Waals surface area contributed by atoms with Gasteiger partial charge in [-0.3, -0.25) is 19.6 Å². The van der Waals surface area contributed by atoms with Crippen LogP contribution in [0.1, 0.15) is 16.9 Å². The van der Waals surface area contributed by atoms with Crippen molar-refractivity contribution < 1.29 is 9.59 Å². The number of aromatic amines is 1. The number of benzene rings is 1. The Labute approximate surface area is 158 Å². The Morgan fingerprint density at radius 2 is 1.88 bits per heavy atom. The molecule has 2 aromatic rings. The minimum atomic E-state index is -0.272. The van der Waals surface area contributed by atoms with Gasteiger partial charge in [-0.1, -0.05) is 18.2 Å². The predicted molar refractivity (Wildman–Crippen MR) is 103 cm³/mol. The van der Waals surface area contributed by atoms with Crippen molar-refractivity contribution in [2.75, 3.05) is 45.8 Å². The summed E-state index contributed by atoms with van der Waals surface area (Å²) in [7, 11) is 0. The molecule has 0 aliphatic carbocycles. The van der Waals surface area contributed by atoms with Crippen molar-refractivity contribution in [3.05, 3.63) is 30.0 Å². The van der Waals surface area contributed by atoms with Gasteiger partial charge in [-0.05, 0) is 6.07 Å². The van der Waals surface area contributed by atoms with Gasteiger partial charge in [-0.25, -0.2) is 0 Å². The molecule has 1 aliphatic rings. The highest BCUT2D eigenvalue weighted by molar-refractivity contribution is 6.04. The summed E-state index contributed by atoms with van der Waals surface area (Å²) in [6.45, 7) is 5.83. The van der Waals surface area contributed by atoms with Crippen LogP contribution < -0.4 is 16.0 Å². The number of halogens is 1. The van der Waals surface area contributed by atoms with Gasteiger partial charge in [0, 0.05) is 57.6 Å². The van der Waals surface area contributed by atoms with Crippen molar-refractivity contribution in [3.63, 3.8) is 0 Å². The number of H-pyrrole nitrogens is 1. The molecule has 2 heterocycles. The van der Waals surface area contributed by atoms with E-state index in [-0.39, 0.29) is 30.6 Å². The van der Waals surface area contributed by atoms with Crippen LogP contribution in [0.2, 0.25) is 0 Å². The molecule has 0 atom stereocenters. The minimum Gasteiger partial charge on any atom is -0.355 e. The predicted octanol–water partition coefficient (Wildman–Crippen LogP) is 0.126. The van der Waals surface area contributed by atoms with E-state index in [1.807, 2.05) is 24.3 Å². The number of piperazine rings is 1. The van der Waals surface area contributed by atoms with Gasteiger partial charge in [-0.15, -0.1) is 12.4 Å². The number of nitrogens with one attached hydrogen (secondary N) is 4. The maximum atomic E-state index is 12.2. The average molecular weight is 381 g/mol. The molecule has 1 aromatic heterocycles. The van der Waals surface area contributed by atoms with E-state index in [0.717, 1.165) is 43.6 Å². The molecule has 1 aromatic carbocycles. The SMILES string of the molecule is Cl.O=C(CCNC(=O)c1n[nH]c2ccccc12)NCCN1CCNCC1. The Hall–Kier alpha value is -2.16. The molecule has 0 spiro atoms. The van der Waals surface area contributed by atoms with Crippen LogP contribution in [0, 0.1) is 0 Å². The van der Waals surface area contributed by atoms with Crippen molar-refractivity contribution in [3.8, 4) is 0 Å². The topological polar surface area (TPSA) is 102 Å². The Balaban J connectivity index is 0.00000243. The maximum Gasteiger partial charge on any atom is 0.272 e. The van der Waals surface area contributed by atoms with Crippen LogP contribution >= 0.6 is 12.4 Å². The lowest BCUT2D eigenvalue weighted by Crippen LogP contribution is -2.46. The first-order valence-corrected chi connectivity index (χ1v) is 8.65. The number of rotatable bonds is 7. The van der Waals surface area contributed by atoms with E-state index in [4.69, 9.17) is 0 Å². The summed E-state index contributed by atoms with van der Waals surface area (Å²) in [4.78, 5) is 26.4. The molecule has 2 amide bonds. The molecule has 0 radical (unpaired) electrons. The van der Waals surface area contributed by atoms with Crippen LogP contribution in [0.5, 0.6) is 0 Å². The van der Waals surface area contributed by atoms with Gasteiger partial charge in [0.2, 0.25) is 5.91 Å². The first-order chi connectivity index (χ1) is 12.2. The Bertz CT molecular complexity index is 729. The molecule has 3 rings (SSSR count). The second kappa shape index (κ2) is 10.1. The monoisotopic (exact) mass is 380 g/mol. The van der Waals surface area contributed by atoms with Crippen molar-refractivity contribution >= 4 is 35.1 Å². The van der Waals surface area contributed by atoms with Crippen LogP contribution in [0.15, 0.2) is 24.3 Å². The zero-order chi connectivity index (χ0) is 17.5. The fraction of sp³-hybridized carbons (Fsp3) is 0.471. The van der Waals surface area contributed by atoms with Gasteiger partial charge in [0.05, 0.1) is 5.52 Å². The normalized spacial score (nSPS) is 14.6. The number of hydrogen-bond acceptors (Lipinski definition) is 5. The van der Waals surface area contributed by atoms with Crippen LogP contribution in [0.4, 0.5) is 0 Å². The first-order valence-electron chi connectivity index (χ1n) is 8.65. The maximum absolute atomic E-state index is 12.2. The third kappa shape index (κ3) is 5.42. The number of fused-ring (bicyclic) bond motifs is 1. The van der Waals surface area contributed by atoms with Crippen molar-refractivity contribution in [2.45, 2.75) is 6.42 Å². The number of carbonyl (C=O) groups is 2. The van der Waals surface area contributed by atoms with E-state index in [1.54, 1.807) is 0 Å². The van der Waals surface area contributed by atoms with E-state index >= 15 is 0 Å². The number of nitrogens with zero attached hydrogens (tertiary/aromatic N) is 2. The molecule has 4 N–H and O–H groups in total. The van der Waals surface area contributed by atoms with Gasteiger partial charge >= 0.3 is 0 Å². The lowest BCUT2D eigenvalue weighted by molar-refractivity contribution is -0.121. The molecular weight excluding hydrogens is 356 g/mol. The largest absolute Gasteiger partial charge is 0.355 e. The smallest absolute Gasteiger partial charge is 0.272 e. The second-order valence-electron chi connectivity index (χ2n) is 6.07. The summed E-state index contributed by atoms with van der Waals surface area (Å²) in [5, 5.41) is 16.6. The fourth-order valence-electron chi connectivity index (χ4n) is 2.89. The lowest BCUT2D eigenvalue weighted by Gasteiger charge is -2.27. The zero-order valence-electron chi connectivity index (χ0n) is 14.6. The molecule has 9 heteroatoms. The van der Waals surface area contributed by atoms with Crippen LogP contribution in [0.3, 0.4) is 0 Å². The van der Waals surface area contributed by atoms with E-state index in [0.29, 0.717) is 18.8 Å². The summed E-state index contributed by atoms with van der Waals surface area (Å²) in [5.41, 5.74) is 1.17. The minimum absolute atomic E-state index is 0. The molecular formula is C17H25ClN6O2. The average Bonchev–Trinajstić information content (AvgIpc) is 3.07. The number of aromatic nitrogens is 2. The van der Waals surface area contributed by atoms with Gasteiger partial charge < -0.3 is 16.0 Å². The van der Waals surface area contributed by atoms with E-state index < -0.39 is 0 Å².